The van der Waals surface area contributed by atoms with Gasteiger partial charge in [-0.3, -0.25) is 9.47 Å². The van der Waals surface area contributed by atoms with Crippen LogP contribution in [0.25, 0.3) is 11.0 Å². The maximum absolute atomic E-state index is 12.5. The highest BCUT2D eigenvalue weighted by atomic mass is 16.2. The number of fused-ring (bicyclic) bond motifs is 1. The van der Waals surface area contributed by atoms with Crippen molar-refractivity contribution in [1.29, 1.82) is 5.26 Å². The molecule has 1 amide bonds. The molecule has 1 aliphatic rings. The predicted octanol–water partition coefficient (Wildman–Crippen LogP) is 2.68. The maximum atomic E-state index is 12.5. The van der Waals surface area contributed by atoms with Crippen molar-refractivity contribution in [2.75, 3.05) is 44.2 Å². The molecule has 0 saturated carbocycles. The zero-order chi connectivity index (χ0) is 19.2. The Morgan fingerprint density at radius 1 is 1.30 bits per heavy atom. The molecule has 0 bridgehead atoms. The third kappa shape index (κ3) is 4.58. The number of hydrogen-bond donors (Lipinski definition) is 1. The van der Waals surface area contributed by atoms with Crippen LogP contribution in [0.3, 0.4) is 0 Å². The van der Waals surface area contributed by atoms with E-state index in [4.69, 9.17) is 5.26 Å². The van der Waals surface area contributed by atoms with Gasteiger partial charge in [-0.25, -0.2) is 9.78 Å². The molecule has 1 aliphatic heterocycles. The van der Waals surface area contributed by atoms with Gasteiger partial charge in [0.25, 0.3) is 0 Å². The van der Waals surface area contributed by atoms with Crippen LogP contribution in [-0.2, 0) is 0 Å². The summed E-state index contributed by atoms with van der Waals surface area (Å²) in [5, 5.41) is 11.7. The van der Waals surface area contributed by atoms with Crippen molar-refractivity contribution >= 4 is 22.8 Å². The summed E-state index contributed by atoms with van der Waals surface area (Å²) >= 11 is 0. The van der Waals surface area contributed by atoms with Crippen LogP contribution in [0.5, 0.6) is 0 Å². The molecule has 27 heavy (non-hydrogen) atoms. The number of rotatable bonds is 6. The molecule has 0 unspecified atom stereocenters. The molecule has 7 heteroatoms. The first kappa shape index (κ1) is 19.2. The van der Waals surface area contributed by atoms with Crippen molar-refractivity contribution in [3.63, 3.8) is 0 Å². The fourth-order valence-corrected chi connectivity index (χ4v) is 3.41. The van der Waals surface area contributed by atoms with E-state index in [0.717, 1.165) is 55.9 Å². The molecule has 0 spiro atoms. The highest BCUT2D eigenvalue weighted by molar-refractivity contribution is 5.95. The third-order valence-corrected chi connectivity index (χ3v) is 5.02. The number of nitrogens with zero attached hydrogens (tertiary/aromatic N) is 5. The number of imidazole rings is 1. The lowest BCUT2D eigenvalue weighted by Gasteiger charge is -2.35. The number of amides is 1. The second kappa shape index (κ2) is 8.87. The molecule has 144 valence electrons. The Balaban J connectivity index is 1.71. The molecule has 1 fully saturated rings. The average Bonchev–Trinajstić information content (AvgIpc) is 3.11. The van der Waals surface area contributed by atoms with Gasteiger partial charge in [0.1, 0.15) is 11.8 Å². The minimum absolute atomic E-state index is 0.128. The number of para-hydroxylation sites is 1. The minimum Gasteiger partial charge on any atom is -0.367 e. The summed E-state index contributed by atoms with van der Waals surface area (Å²) in [5.74, 6) is 0.559. The van der Waals surface area contributed by atoms with Gasteiger partial charge in [0, 0.05) is 45.7 Å². The molecule has 1 N–H and O–H groups in total. The molecular formula is C20H28N6O. The highest BCUT2D eigenvalue weighted by Crippen LogP contribution is 2.26. The zero-order valence-electron chi connectivity index (χ0n) is 16.2. The Labute approximate surface area is 160 Å². The second-order valence-corrected chi connectivity index (χ2v) is 7.41. The summed E-state index contributed by atoms with van der Waals surface area (Å²) in [5.41, 5.74) is 2.77. The Bertz CT molecular complexity index is 813. The average molecular weight is 368 g/mol. The van der Waals surface area contributed by atoms with Gasteiger partial charge < -0.3 is 10.2 Å². The lowest BCUT2D eigenvalue weighted by atomic mass is 10.1. The maximum Gasteiger partial charge on any atom is 0.327 e. The van der Waals surface area contributed by atoms with Crippen LogP contribution in [0, 0.1) is 17.2 Å². The van der Waals surface area contributed by atoms with Crippen molar-refractivity contribution in [3.05, 3.63) is 24.5 Å². The monoisotopic (exact) mass is 368 g/mol. The van der Waals surface area contributed by atoms with Gasteiger partial charge in [-0.1, -0.05) is 19.9 Å². The van der Waals surface area contributed by atoms with E-state index in [2.05, 4.69) is 46.1 Å². The molecular weight excluding hydrogens is 340 g/mol. The zero-order valence-corrected chi connectivity index (χ0v) is 16.2. The van der Waals surface area contributed by atoms with Crippen LogP contribution in [0.15, 0.2) is 24.5 Å². The Morgan fingerprint density at radius 2 is 2.07 bits per heavy atom. The molecule has 1 aromatic carbocycles. The van der Waals surface area contributed by atoms with E-state index in [1.54, 1.807) is 10.9 Å². The van der Waals surface area contributed by atoms with Crippen molar-refractivity contribution in [2.24, 2.45) is 5.92 Å². The Kier molecular flexibility index (Phi) is 6.30. The number of anilines is 1. The SMILES string of the molecule is CC(C)CCNC(=O)n1cnc2c(N3CCN(CCC#N)CC3)cccc21. The number of nitrogens with one attached hydrogen (secondary N) is 1. The Hall–Kier alpha value is -2.59. The van der Waals surface area contributed by atoms with Crippen molar-refractivity contribution in [1.82, 2.24) is 19.8 Å². The van der Waals surface area contributed by atoms with E-state index < -0.39 is 0 Å². The largest absolute Gasteiger partial charge is 0.367 e. The molecule has 7 nitrogen and oxygen atoms in total. The van der Waals surface area contributed by atoms with E-state index >= 15 is 0 Å². The van der Waals surface area contributed by atoms with E-state index in [1.807, 2.05) is 12.1 Å². The molecule has 3 rings (SSSR count). The standard InChI is InChI=1S/C20H28N6O/c1-16(2)7-9-22-20(27)26-15-23-19-17(5-3-6-18(19)26)25-13-11-24(12-14-25)10-4-8-21/h3,5-6,15-16H,4,7,9-14H2,1-2H3,(H,22,27). The number of carbonyl (C=O) groups is 1. The van der Waals surface area contributed by atoms with Crippen LogP contribution in [0.2, 0.25) is 0 Å². The van der Waals surface area contributed by atoms with Crippen LogP contribution >= 0.6 is 0 Å². The van der Waals surface area contributed by atoms with Gasteiger partial charge in [0.15, 0.2) is 0 Å². The normalized spacial score (nSPS) is 15.3. The summed E-state index contributed by atoms with van der Waals surface area (Å²) < 4.78 is 1.60. The van der Waals surface area contributed by atoms with Gasteiger partial charge >= 0.3 is 6.03 Å². The lowest BCUT2D eigenvalue weighted by molar-refractivity contribution is 0.242. The first-order valence-electron chi connectivity index (χ1n) is 9.68. The van der Waals surface area contributed by atoms with Crippen LogP contribution in [0.1, 0.15) is 26.7 Å². The summed E-state index contributed by atoms with van der Waals surface area (Å²) in [6.45, 7) is 9.47. The lowest BCUT2D eigenvalue weighted by Crippen LogP contribution is -2.46. The van der Waals surface area contributed by atoms with Crippen molar-refractivity contribution in [3.8, 4) is 6.07 Å². The number of piperazine rings is 1. The summed E-state index contributed by atoms with van der Waals surface area (Å²) in [6, 6.07) is 8.08. The van der Waals surface area contributed by atoms with E-state index in [0.29, 0.717) is 18.9 Å². The number of hydrogen-bond acceptors (Lipinski definition) is 5. The molecule has 0 atom stereocenters. The van der Waals surface area contributed by atoms with Gasteiger partial charge in [-0.2, -0.15) is 5.26 Å². The first-order chi connectivity index (χ1) is 13.1. The van der Waals surface area contributed by atoms with Crippen LogP contribution in [-0.4, -0.2) is 59.8 Å². The molecule has 2 aromatic rings. The third-order valence-electron chi connectivity index (χ3n) is 5.02. The number of carbonyl (C=O) groups excluding carboxylic acids is 1. The first-order valence-corrected chi connectivity index (χ1v) is 9.68. The summed E-state index contributed by atoms with van der Waals surface area (Å²) in [7, 11) is 0. The molecule has 0 aliphatic carbocycles. The van der Waals surface area contributed by atoms with Gasteiger partial charge in [-0.05, 0) is 24.5 Å². The number of aromatic nitrogens is 2. The molecule has 2 heterocycles. The molecule has 1 saturated heterocycles. The minimum atomic E-state index is -0.128. The predicted molar refractivity (Wildman–Crippen MR) is 107 cm³/mol. The summed E-state index contributed by atoms with van der Waals surface area (Å²) in [4.78, 5) is 21.7. The number of benzene rings is 1. The van der Waals surface area contributed by atoms with Gasteiger partial charge in [0.2, 0.25) is 0 Å². The van der Waals surface area contributed by atoms with Gasteiger partial charge in [0.05, 0.1) is 17.3 Å². The van der Waals surface area contributed by atoms with Crippen molar-refractivity contribution in [2.45, 2.75) is 26.7 Å². The van der Waals surface area contributed by atoms with E-state index in [-0.39, 0.29) is 6.03 Å². The Morgan fingerprint density at radius 3 is 2.78 bits per heavy atom. The number of nitriles is 1. The quantitative estimate of drug-likeness (QED) is 0.848. The summed E-state index contributed by atoms with van der Waals surface area (Å²) in [6.07, 6.45) is 3.15. The van der Waals surface area contributed by atoms with Crippen LogP contribution in [0.4, 0.5) is 10.5 Å². The van der Waals surface area contributed by atoms with Gasteiger partial charge in [-0.15, -0.1) is 0 Å². The second-order valence-electron chi connectivity index (χ2n) is 7.41. The molecule has 1 aromatic heterocycles. The van der Waals surface area contributed by atoms with E-state index in [9.17, 15) is 4.79 Å². The molecule has 0 radical (unpaired) electrons. The van der Waals surface area contributed by atoms with Crippen LogP contribution < -0.4 is 10.2 Å². The van der Waals surface area contributed by atoms with E-state index in [1.165, 1.54) is 0 Å². The topological polar surface area (TPSA) is 77.2 Å². The highest BCUT2D eigenvalue weighted by Gasteiger charge is 2.20. The fourth-order valence-electron chi connectivity index (χ4n) is 3.41. The van der Waals surface area contributed by atoms with Crippen molar-refractivity contribution < 1.29 is 4.79 Å². The smallest absolute Gasteiger partial charge is 0.327 e. The fraction of sp³-hybridized carbons (Fsp3) is 0.550.